The molecule has 0 aromatic heterocycles. The molecule has 2 saturated carbocycles. The van der Waals surface area contributed by atoms with Gasteiger partial charge in [0.1, 0.15) is 0 Å². The summed E-state index contributed by atoms with van der Waals surface area (Å²) >= 11 is 0. The van der Waals surface area contributed by atoms with E-state index in [0.29, 0.717) is 6.04 Å². The van der Waals surface area contributed by atoms with Gasteiger partial charge in [-0.15, -0.1) is 0 Å². The van der Waals surface area contributed by atoms with Crippen molar-refractivity contribution >= 4 is 0 Å². The van der Waals surface area contributed by atoms with Gasteiger partial charge in [0.2, 0.25) is 0 Å². The van der Waals surface area contributed by atoms with Gasteiger partial charge in [-0.1, -0.05) is 26.2 Å². The normalized spacial score (nSPS) is 41.0. The second-order valence-corrected chi connectivity index (χ2v) is 4.64. The lowest BCUT2D eigenvalue weighted by Gasteiger charge is -2.12. The standard InChI is InChI=1S/C11H21N/c1-2-3-7-10(12)11-8-5-4-6-9(8)11/h8-11H,2-7,12H2,1H3. The lowest BCUT2D eigenvalue weighted by molar-refractivity contribution is 0.450. The zero-order valence-electron chi connectivity index (χ0n) is 8.13. The number of hydrogen-bond acceptors (Lipinski definition) is 1. The van der Waals surface area contributed by atoms with Gasteiger partial charge in [0, 0.05) is 6.04 Å². The van der Waals surface area contributed by atoms with Gasteiger partial charge < -0.3 is 5.73 Å². The Morgan fingerprint density at radius 1 is 1.33 bits per heavy atom. The maximum Gasteiger partial charge on any atom is 0.00726 e. The summed E-state index contributed by atoms with van der Waals surface area (Å²) in [5.74, 6) is 3.04. The van der Waals surface area contributed by atoms with Crippen LogP contribution in [0, 0.1) is 17.8 Å². The fourth-order valence-electron chi connectivity index (χ4n) is 3.14. The molecule has 70 valence electrons. The van der Waals surface area contributed by atoms with Gasteiger partial charge in [-0.05, 0) is 37.0 Å². The van der Waals surface area contributed by atoms with E-state index in [0.717, 1.165) is 17.8 Å². The third-order valence-electron chi connectivity index (χ3n) is 3.86. The molecule has 0 amide bonds. The molecule has 0 aromatic carbocycles. The van der Waals surface area contributed by atoms with Crippen LogP contribution in [0.3, 0.4) is 0 Å². The molecule has 0 aromatic rings. The van der Waals surface area contributed by atoms with Crippen LogP contribution in [0.4, 0.5) is 0 Å². The Balaban J connectivity index is 1.72. The molecule has 0 heterocycles. The Morgan fingerprint density at radius 2 is 2.00 bits per heavy atom. The number of fused-ring (bicyclic) bond motifs is 1. The molecule has 1 heteroatoms. The minimum atomic E-state index is 0.542. The van der Waals surface area contributed by atoms with E-state index in [9.17, 15) is 0 Å². The molecule has 3 unspecified atom stereocenters. The summed E-state index contributed by atoms with van der Waals surface area (Å²) in [6.45, 7) is 2.25. The minimum Gasteiger partial charge on any atom is -0.327 e. The molecule has 2 aliphatic rings. The number of unbranched alkanes of at least 4 members (excludes halogenated alkanes) is 1. The molecular formula is C11H21N. The highest BCUT2D eigenvalue weighted by Gasteiger charge is 2.54. The summed E-state index contributed by atoms with van der Waals surface area (Å²) in [5.41, 5.74) is 6.16. The zero-order chi connectivity index (χ0) is 8.55. The predicted octanol–water partition coefficient (Wildman–Crippen LogP) is 2.55. The van der Waals surface area contributed by atoms with Crippen LogP contribution in [-0.4, -0.2) is 6.04 Å². The Morgan fingerprint density at radius 3 is 2.58 bits per heavy atom. The molecule has 0 bridgehead atoms. The SMILES string of the molecule is CCCCC(N)C1C2CCCC21. The van der Waals surface area contributed by atoms with E-state index in [-0.39, 0.29) is 0 Å². The predicted molar refractivity (Wildman–Crippen MR) is 51.8 cm³/mol. The first-order valence-electron chi connectivity index (χ1n) is 5.60. The quantitative estimate of drug-likeness (QED) is 0.684. The molecule has 2 fully saturated rings. The first kappa shape index (κ1) is 8.55. The maximum absolute atomic E-state index is 6.16. The highest BCUT2D eigenvalue weighted by molar-refractivity contribution is 5.05. The van der Waals surface area contributed by atoms with E-state index in [1.165, 1.54) is 38.5 Å². The lowest BCUT2D eigenvalue weighted by Crippen LogP contribution is -2.24. The van der Waals surface area contributed by atoms with Gasteiger partial charge in [-0.3, -0.25) is 0 Å². The van der Waals surface area contributed by atoms with Gasteiger partial charge in [0.15, 0.2) is 0 Å². The van der Waals surface area contributed by atoms with Crippen molar-refractivity contribution in [1.29, 1.82) is 0 Å². The summed E-state index contributed by atoms with van der Waals surface area (Å²) in [7, 11) is 0. The van der Waals surface area contributed by atoms with E-state index in [1.807, 2.05) is 0 Å². The minimum absolute atomic E-state index is 0.542. The zero-order valence-corrected chi connectivity index (χ0v) is 8.13. The van der Waals surface area contributed by atoms with Crippen LogP contribution in [0.2, 0.25) is 0 Å². The number of nitrogens with two attached hydrogens (primary N) is 1. The van der Waals surface area contributed by atoms with Crippen LogP contribution in [0.25, 0.3) is 0 Å². The molecule has 2 rings (SSSR count). The smallest absolute Gasteiger partial charge is 0.00726 e. The third kappa shape index (κ3) is 1.39. The van der Waals surface area contributed by atoms with Crippen LogP contribution in [0.5, 0.6) is 0 Å². The summed E-state index contributed by atoms with van der Waals surface area (Å²) in [6.07, 6.45) is 8.34. The molecule has 0 saturated heterocycles. The van der Waals surface area contributed by atoms with Gasteiger partial charge in [0.05, 0.1) is 0 Å². The van der Waals surface area contributed by atoms with Crippen LogP contribution >= 0.6 is 0 Å². The van der Waals surface area contributed by atoms with Crippen LogP contribution in [-0.2, 0) is 0 Å². The number of hydrogen-bond donors (Lipinski definition) is 1. The molecule has 12 heavy (non-hydrogen) atoms. The average Bonchev–Trinajstić information content (AvgIpc) is 2.56. The van der Waals surface area contributed by atoms with Gasteiger partial charge in [-0.25, -0.2) is 0 Å². The Hall–Kier alpha value is -0.0400. The Kier molecular flexibility index (Phi) is 2.40. The van der Waals surface area contributed by atoms with Crippen molar-refractivity contribution in [2.24, 2.45) is 23.5 Å². The summed E-state index contributed by atoms with van der Waals surface area (Å²) in [4.78, 5) is 0. The fourth-order valence-corrected chi connectivity index (χ4v) is 3.14. The summed E-state index contributed by atoms with van der Waals surface area (Å²) in [5, 5.41) is 0. The molecule has 1 nitrogen and oxygen atoms in total. The second kappa shape index (κ2) is 3.37. The van der Waals surface area contributed by atoms with Crippen molar-refractivity contribution in [2.45, 2.75) is 51.5 Å². The maximum atomic E-state index is 6.16. The van der Waals surface area contributed by atoms with Crippen molar-refractivity contribution in [3.63, 3.8) is 0 Å². The monoisotopic (exact) mass is 167 g/mol. The average molecular weight is 167 g/mol. The molecule has 0 spiro atoms. The van der Waals surface area contributed by atoms with Crippen molar-refractivity contribution in [3.8, 4) is 0 Å². The molecular weight excluding hydrogens is 146 g/mol. The van der Waals surface area contributed by atoms with E-state index < -0.39 is 0 Å². The highest BCUT2D eigenvalue weighted by atomic mass is 14.7. The Labute approximate surface area is 75.7 Å². The van der Waals surface area contributed by atoms with Crippen LogP contribution in [0.1, 0.15) is 45.4 Å². The Bertz CT molecular complexity index is 145. The largest absolute Gasteiger partial charge is 0.327 e. The lowest BCUT2D eigenvalue weighted by atomic mass is 10.0. The topological polar surface area (TPSA) is 26.0 Å². The molecule has 2 N–H and O–H groups in total. The first-order chi connectivity index (χ1) is 5.84. The van der Waals surface area contributed by atoms with Crippen LogP contribution in [0.15, 0.2) is 0 Å². The molecule has 0 radical (unpaired) electrons. The second-order valence-electron chi connectivity index (χ2n) is 4.64. The van der Waals surface area contributed by atoms with E-state index in [4.69, 9.17) is 5.73 Å². The number of rotatable bonds is 4. The van der Waals surface area contributed by atoms with Gasteiger partial charge in [0.25, 0.3) is 0 Å². The van der Waals surface area contributed by atoms with Gasteiger partial charge in [-0.2, -0.15) is 0 Å². The first-order valence-corrected chi connectivity index (χ1v) is 5.60. The fraction of sp³-hybridized carbons (Fsp3) is 1.00. The van der Waals surface area contributed by atoms with Crippen LogP contribution < -0.4 is 5.73 Å². The molecule has 0 aliphatic heterocycles. The third-order valence-corrected chi connectivity index (χ3v) is 3.86. The van der Waals surface area contributed by atoms with E-state index >= 15 is 0 Å². The van der Waals surface area contributed by atoms with Crippen molar-refractivity contribution in [2.75, 3.05) is 0 Å². The highest BCUT2D eigenvalue weighted by Crippen LogP contribution is 2.59. The van der Waals surface area contributed by atoms with E-state index in [2.05, 4.69) is 6.92 Å². The van der Waals surface area contributed by atoms with E-state index in [1.54, 1.807) is 0 Å². The van der Waals surface area contributed by atoms with Crippen molar-refractivity contribution < 1.29 is 0 Å². The van der Waals surface area contributed by atoms with Crippen molar-refractivity contribution in [3.05, 3.63) is 0 Å². The summed E-state index contributed by atoms with van der Waals surface area (Å²) in [6, 6.07) is 0.542. The van der Waals surface area contributed by atoms with Gasteiger partial charge >= 0.3 is 0 Å². The van der Waals surface area contributed by atoms with Crippen molar-refractivity contribution in [1.82, 2.24) is 0 Å². The summed E-state index contributed by atoms with van der Waals surface area (Å²) < 4.78 is 0. The molecule has 3 atom stereocenters. The molecule has 2 aliphatic carbocycles.